The van der Waals surface area contributed by atoms with E-state index in [9.17, 15) is 4.79 Å². The number of nitrogens with one attached hydrogen (secondary N) is 1. The van der Waals surface area contributed by atoms with Gasteiger partial charge in [0.05, 0.1) is 12.1 Å². The number of amides is 1. The quantitative estimate of drug-likeness (QED) is 0.916. The van der Waals surface area contributed by atoms with E-state index in [1.807, 2.05) is 11.4 Å². The van der Waals surface area contributed by atoms with Crippen LogP contribution in [-0.4, -0.2) is 22.7 Å². The Balaban J connectivity index is 1.56. The second-order valence-corrected chi connectivity index (χ2v) is 6.57. The van der Waals surface area contributed by atoms with Gasteiger partial charge in [0.15, 0.2) is 5.82 Å². The molecule has 2 aromatic heterocycles. The van der Waals surface area contributed by atoms with E-state index in [0.717, 1.165) is 19.4 Å². The fraction of sp³-hybridized carbons (Fsp3) is 0.533. The number of ether oxygens (including phenoxy) is 1. The lowest BCUT2D eigenvalue weighted by Gasteiger charge is -2.01. The molecule has 22 heavy (non-hydrogen) atoms. The van der Waals surface area contributed by atoms with Gasteiger partial charge < -0.3 is 14.6 Å². The van der Waals surface area contributed by atoms with Crippen LogP contribution in [0.4, 0.5) is 0 Å². The van der Waals surface area contributed by atoms with Gasteiger partial charge in [0, 0.05) is 16.9 Å². The van der Waals surface area contributed by atoms with Crippen LogP contribution in [0.15, 0.2) is 16.0 Å². The molecule has 0 unspecified atom stereocenters. The third kappa shape index (κ3) is 3.36. The molecular formula is C15H19N3O3S. The maximum atomic E-state index is 12.1. The van der Waals surface area contributed by atoms with Crippen molar-refractivity contribution in [1.82, 2.24) is 15.5 Å². The van der Waals surface area contributed by atoms with Crippen LogP contribution < -0.4 is 5.32 Å². The summed E-state index contributed by atoms with van der Waals surface area (Å²) in [6.07, 6.45) is 1.82. The van der Waals surface area contributed by atoms with Gasteiger partial charge in [-0.3, -0.25) is 4.79 Å². The van der Waals surface area contributed by atoms with Gasteiger partial charge in [-0.05, 0) is 24.8 Å². The summed E-state index contributed by atoms with van der Waals surface area (Å²) < 4.78 is 10.7. The van der Waals surface area contributed by atoms with E-state index in [4.69, 9.17) is 9.26 Å². The third-order valence-electron chi connectivity index (χ3n) is 3.55. The van der Waals surface area contributed by atoms with Crippen molar-refractivity contribution in [2.24, 2.45) is 0 Å². The summed E-state index contributed by atoms with van der Waals surface area (Å²) >= 11 is 1.60. The van der Waals surface area contributed by atoms with Crippen LogP contribution in [0.5, 0.6) is 0 Å². The maximum absolute atomic E-state index is 12.1. The largest absolute Gasteiger partial charge is 0.368 e. The van der Waals surface area contributed by atoms with Crippen LogP contribution in [0.1, 0.15) is 65.7 Å². The van der Waals surface area contributed by atoms with Crippen molar-refractivity contribution in [3.8, 4) is 0 Å². The molecule has 6 nitrogen and oxygen atoms in total. The summed E-state index contributed by atoms with van der Waals surface area (Å²) in [4.78, 5) is 17.6. The predicted molar refractivity (Wildman–Crippen MR) is 81.8 cm³/mol. The summed E-state index contributed by atoms with van der Waals surface area (Å²) in [5.41, 5.74) is 0.677. The average molecular weight is 321 g/mol. The van der Waals surface area contributed by atoms with Gasteiger partial charge in [0.1, 0.15) is 6.10 Å². The van der Waals surface area contributed by atoms with Gasteiger partial charge >= 0.3 is 0 Å². The molecule has 0 aliphatic carbocycles. The molecule has 0 radical (unpaired) electrons. The maximum Gasteiger partial charge on any atom is 0.255 e. The summed E-state index contributed by atoms with van der Waals surface area (Å²) in [5, 5.41) is 8.57. The number of hydrogen-bond acceptors (Lipinski definition) is 6. The highest BCUT2D eigenvalue weighted by Gasteiger charge is 2.23. The van der Waals surface area contributed by atoms with Gasteiger partial charge in [0.2, 0.25) is 0 Å². The first-order valence-corrected chi connectivity index (χ1v) is 8.32. The lowest BCUT2D eigenvalue weighted by molar-refractivity contribution is 0.0835. The SMILES string of the molecule is CC(C)c1cc(C(=O)NCc2noc([C@H]3CCCO3)n2)cs1. The lowest BCUT2D eigenvalue weighted by Crippen LogP contribution is -2.22. The van der Waals surface area contributed by atoms with Crippen molar-refractivity contribution in [3.63, 3.8) is 0 Å². The topological polar surface area (TPSA) is 77.2 Å². The monoisotopic (exact) mass is 321 g/mol. The summed E-state index contributed by atoms with van der Waals surface area (Å²) in [5.74, 6) is 1.28. The molecule has 1 fully saturated rings. The van der Waals surface area contributed by atoms with Crippen LogP contribution in [0.2, 0.25) is 0 Å². The van der Waals surface area contributed by atoms with Crippen molar-refractivity contribution in [1.29, 1.82) is 0 Å². The van der Waals surface area contributed by atoms with Gasteiger partial charge in [-0.15, -0.1) is 11.3 Å². The summed E-state index contributed by atoms with van der Waals surface area (Å²) in [6.45, 7) is 5.20. The van der Waals surface area contributed by atoms with E-state index in [-0.39, 0.29) is 18.6 Å². The molecule has 2 aromatic rings. The minimum atomic E-state index is -0.119. The highest BCUT2D eigenvalue weighted by atomic mass is 32.1. The summed E-state index contributed by atoms with van der Waals surface area (Å²) in [7, 11) is 0. The molecule has 1 atom stereocenters. The molecule has 7 heteroatoms. The fourth-order valence-electron chi connectivity index (χ4n) is 2.28. The molecular weight excluding hydrogens is 302 g/mol. The smallest absolute Gasteiger partial charge is 0.255 e. The number of carbonyl (C=O) groups is 1. The fourth-order valence-corrected chi connectivity index (χ4v) is 3.18. The van der Waals surface area contributed by atoms with Crippen molar-refractivity contribution < 1.29 is 14.1 Å². The van der Waals surface area contributed by atoms with Crippen LogP contribution in [0.25, 0.3) is 0 Å². The van der Waals surface area contributed by atoms with Crippen molar-refractivity contribution in [3.05, 3.63) is 33.6 Å². The van der Waals surface area contributed by atoms with Crippen molar-refractivity contribution in [2.45, 2.75) is 45.3 Å². The second-order valence-electron chi connectivity index (χ2n) is 5.63. The Labute approximate surface area is 132 Å². The molecule has 1 aliphatic heterocycles. The lowest BCUT2D eigenvalue weighted by atomic mass is 10.1. The number of thiophene rings is 1. The Morgan fingerprint density at radius 2 is 2.41 bits per heavy atom. The first kappa shape index (κ1) is 15.2. The minimum Gasteiger partial charge on any atom is -0.368 e. The molecule has 1 aliphatic rings. The van der Waals surface area contributed by atoms with Crippen molar-refractivity contribution >= 4 is 17.2 Å². The molecule has 118 valence electrons. The molecule has 1 N–H and O–H groups in total. The third-order valence-corrected chi connectivity index (χ3v) is 4.78. The number of aromatic nitrogens is 2. The minimum absolute atomic E-state index is 0.0950. The first-order chi connectivity index (χ1) is 10.6. The highest BCUT2D eigenvalue weighted by Crippen LogP contribution is 2.27. The average Bonchev–Trinajstić information content (AvgIpc) is 3.23. The zero-order chi connectivity index (χ0) is 15.5. The van der Waals surface area contributed by atoms with Crippen LogP contribution in [0, 0.1) is 0 Å². The highest BCUT2D eigenvalue weighted by molar-refractivity contribution is 7.10. The zero-order valence-electron chi connectivity index (χ0n) is 12.7. The van der Waals surface area contributed by atoms with Gasteiger partial charge in [0.25, 0.3) is 11.8 Å². The van der Waals surface area contributed by atoms with Gasteiger partial charge in [-0.1, -0.05) is 19.0 Å². The number of rotatable bonds is 5. The number of nitrogens with zero attached hydrogens (tertiary/aromatic N) is 2. The molecule has 0 saturated carbocycles. The molecule has 0 bridgehead atoms. The van der Waals surface area contributed by atoms with E-state index < -0.39 is 0 Å². The first-order valence-electron chi connectivity index (χ1n) is 7.44. The van der Waals surface area contributed by atoms with Gasteiger partial charge in [-0.2, -0.15) is 4.98 Å². The Morgan fingerprint density at radius 3 is 3.09 bits per heavy atom. The Kier molecular flexibility index (Phi) is 4.54. The molecule has 0 spiro atoms. The van der Waals surface area contributed by atoms with Crippen LogP contribution in [0.3, 0.4) is 0 Å². The Morgan fingerprint density at radius 1 is 1.55 bits per heavy atom. The van der Waals surface area contributed by atoms with E-state index in [1.54, 1.807) is 11.3 Å². The molecule has 3 heterocycles. The molecule has 3 rings (SSSR count). The standard InChI is InChI=1S/C15H19N3O3S/c1-9(2)12-6-10(8-22-12)14(19)16-7-13-17-15(21-18-13)11-4-3-5-20-11/h6,8-9,11H,3-5,7H2,1-2H3,(H,16,19)/t11-/m1/s1. The number of hydrogen-bond donors (Lipinski definition) is 1. The number of carbonyl (C=O) groups excluding carboxylic acids is 1. The second kappa shape index (κ2) is 6.58. The normalized spacial score (nSPS) is 18.0. The van der Waals surface area contributed by atoms with E-state index in [2.05, 4.69) is 29.3 Å². The van der Waals surface area contributed by atoms with Crippen molar-refractivity contribution in [2.75, 3.05) is 6.61 Å². The molecule has 0 aromatic carbocycles. The van der Waals surface area contributed by atoms with E-state index >= 15 is 0 Å². The van der Waals surface area contributed by atoms with Crippen LogP contribution in [-0.2, 0) is 11.3 Å². The van der Waals surface area contributed by atoms with Crippen LogP contribution >= 0.6 is 11.3 Å². The Hall–Kier alpha value is -1.73. The summed E-state index contributed by atoms with van der Waals surface area (Å²) in [6, 6.07) is 1.93. The zero-order valence-corrected chi connectivity index (χ0v) is 13.5. The molecule has 1 amide bonds. The predicted octanol–water partition coefficient (Wildman–Crippen LogP) is 3.04. The van der Waals surface area contributed by atoms with E-state index in [0.29, 0.717) is 23.2 Å². The van der Waals surface area contributed by atoms with E-state index in [1.165, 1.54) is 4.88 Å². The van der Waals surface area contributed by atoms with Gasteiger partial charge in [-0.25, -0.2) is 0 Å². The Bertz CT molecular complexity index is 644. The molecule has 1 saturated heterocycles.